The predicted octanol–water partition coefficient (Wildman–Crippen LogP) is 10.5. The Kier molecular flexibility index (Phi) is 15.1. The number of alkyl halides is 2. The monoisotopic (exact) mass is 838 g/mol. The number of rotatable bonds is 20. The molecule has 9 nitrogen and oxygen atoms in total. The van der Waals surface area contributed by atoms with Crippen molar-refractivity contribution in [2.24, 2.45) is 11.8 Å². The van der Waals surface area contributed by atoms with Crippen LogP contribution in [0.1, 0.15) is 75.6 Å². The van der Waals surface area contributed by atoms with Gasteiger partial charge in [0.25, 0.3) is 0 Å². The van der Waals surface area contributed by atoms with E-state index in [9.17, 15) is 18.4 Å². The summed E-state index contributed by atoms with van der Waals surface area (Å²) < 4.78 is 55.4. The molecule has 0 radical (unpaired) electrons. The molecule has 1 aliphatic carbocycles. The van der Waals surface area contributed by atoms with Crippen LogP contribution in [-0.4, -0.2) is 62.4 Å². The van der Waals surface area contributed by atoms with Gasteiger partial charge in [0.1, 0.15) is 18.0 Å². The first kappa shape index (κ1) is 43.0. The molecule has 3 saturated heterocycles. The van der Waals surface area contributed by atoms with E-state index in [1.54, 1.807) is 37.3 Å². The van der Waals surface area contributed by atoms with Gasteiger partial charge in [-0.15, -0.1) is 0 Å². The molecule has 0 aromatic heterocycles. The van der Waals surface area contributed by atoms with Crippen LogP contribution >= 0.6 is 23.2 Å². The van der Waals surface area contributed by atoms with Gasteiger partial charge in [0.15, 0.2) is 24.1 Å². The van der Waals surface area contributed by atoms with Gasteiger partial charge in [0.05, 0.1) is 6.61 Å². The molecule has 1 N–H and O–H groups in total. The minimum absolute atomic E-state index is 0.0422. The van der Waals surface area contributed by atoms with Crippen molar-refractivity contribution in [3.63, 3.8) is 0 Å². The first-order valence-corrected chi connectivity index (χ1v) is 20.5. The predicted molar refractivity (Wildman–Crippen MR) is 220 cm³/mol. The topological polar surface area (TPSA) is 95.6 Å². The number of allylic oxidation sites excluding steroid dienone is 4. The zero-order chi connectivity index (χ0) is 41.2. The summed E-state index contributed by atoms with van der Waals surface area (Å²) in [7, 11) is 0. The Bertz CT molecular complexity index is 1960. The number of ether oxygens (including phenoxy) is 5. The molecule has 1 saturated carbocycles. The van der Waals surface area contributed by atoms with E-state index in [1.807, 2.05) is 37.3 Å². The molecule has 58 heavy (non-hydrogen) atoms. The number of nitrogens with one attached hydrogen (secondary N) is 1. The minimum atomic E-state index is -3.06. The zero-order valence-corrected chi connectivity index (χ0v) is 34.3. The Labute approximate surface area is 348 Å². The summed E-state index contributed by atoms with van der Waals surface area (Å²) >= 11 is 13.3. The summed E-state index contributed by atoms with van der Waals surface area (Å²) in [4.78, 5) is 29.6. The number of piperidine rings is 3. The van der Waals surface area contributed by atoms with Crippen molar-refractivity contribution in [2.45, 2.75) is 77.2 Å². The SMILES string of the molecule is C=C(/C=C(Cl)\C(C[C@H](OC(=O)COc1cccc(NC(C(=O)O[C@H]2CN3CCC2CC3)c2ccccc2)c1)c1ccc(OC(F)F)c(OCC2CC2)c1)=C(/C)Cl)CC. The molecule has 4 fully saturated rings. The number of hydrogen-bond acceptors (Lipinski definition) is 9. The molecule has 3 aliphatic heterocycles. The Hall–Kier alpha value is -4.58. The number of nitrogens with zero attached hydrogens (tertiary/aromatic N) is 1. The molecule has 2 bridgehead atoms. The molecule has 4 aliphatic rings. The standard InChI is InChI=1S/C45H50Cl2F2N2O7/c1-4-28(2)21-37(47)36(29(3)46)24-39(33-15-16-38(58-45(48)49)40(22-33)55-26-30-13-14-30)56-42(52)27-54-35-12-8-11-34(23-35)50-43(32-9-6-5-7-10-32)44(53)57-41-25-51-19-17-31(41)18-20-51/h5-12,15-16,21-23,30-31,39,41,43,45,50H,2,4,13-14,17-20,24-27H2,1,3H3/b36-29+,37-21+/t39-,41-,43?/m0/s1. The second kappa shape index (κ2) is 20.4. The summed E-state index contributed by atoms with van der Waals surface area (Å²) in [6, 6.07) is 20.0. The third-order valence-electron chi connectivity index (χ3n) is 10.6. The van der Waals surface area contributed by atoms with Gasteiger partial charge in [-0.2, -0.15) is 8.78 Å². The average Bonchev–Trinajstić information content (AvgIpc) is 4.05. The van der Waals surface area contributed by atoms with Crippen molar-refractivity contribution in [2.75, 3.05) is 38.2 Å². The second-order valence-electron chi connectivity index (χ2n) is 15.0. The maximum absolute atomic E-state index is 13.7. The first-order valence-electron chi connectivity index (χ1n) is 19.7. The molecule has 0 spiro atoms. The van der Waals surface area contributed by atoms with Crippen molar-refractivity contribution in [1.82, 2.24) is 4.90 Å². The lowest BCUT2D eigenvalue weighted by atomic mass is 9.86. The fourth-order valence-corrected chi connectivity index (χ4v) is 7.67. The van der Waals surface area contributed by atoms with Gasteiger partial charge in [-0.05, 0) is 111 Å². The fourth-order valence-electron chi connectivity index (χ4n) is 7.07. The van der Waals surface area contributed by atoms with Gasteiger partial charge in [-0.3, -0.25) is 4.90 Å². The van der Waals surface area contributed by atoms with E-state index in [2.05, 4.69) is 16.8 Å². The van der Waals surface area contributed by atoms with Crippen LogP contribution in [0, 0.1) is 11.8 Å². The third-order valence-corrected chi connectivity index (χ3v) is 11.2. The number of fused-ring (bicyclic) bond motifs is 3. The Morgan fingerprint density at radius 2 is 1.71 bits per heavy atom. The number of carbonyl (C=O) groups is 2. The van der Waals surface area contributed by atoms with E-state index in [-0.39, 0.29) is 30.0 Å². The Morgan fingerprint density at radius 1 is 0.948 bits per heavy atom. The lowest BCUT2D eigenvalue weighted by Crippen LogP contribution is -2.52. The van der Waals surface area contributed by atoms with Crippen molar-refractivity contribution >= 4 is 40.8 Å². The van der Waals surface area contributed by atoms with E-state index < -0.39 is 31.3 Å². The van der Waals surface area contributed by atoms with E-state index in [4.69, 9.17) is 46.9 Å². The van der Waals surface area contributed by atoms with Crippen LogP contribution in [0.2, 0.25) is 0 Å². The smallest absolute Gasteiger partial charge is 0.387 e. The van der Waals surface area contributed by atoms with Crippen LogP contribution in [0.5, 0.6) is 17.2 Å². The highest BCUT2D eigenvalue weighted by molar-refractivity contribution is 6.35. The molecule has 3 aromatic rings. The van der Waals surface area contributed by atoms with Crippen LogP contribution in [0.4, 0.5) is 14.5 Å². The lowest BCUT2D eigenvalue weighted by Gasteiger charge is -2.44. The highest BCUT2D eigenvalue weighted by Crippen LogP contribution is 2.40. The number of carbonyl (C=O) groups excluding carboxylic acids is 2. The molecular formula is C45H50Cl2F2N2O7. The number of esters is 2. The van der Waals surface area contributed by atoms with Crippen molar-refractivity contribution in [3.8, 4) is 17.2 Å². The summed E-state index contributed by atoms with van der Waals surface area (Å²) in [5, 5.41) is 4.01. The van der Waals surface area contributed by atoms with Gasteiger partial charge >= 0.3 is 18.6 Å². The van der Waals surface area contributed by atoms with Crippen molar-refractivity contribution in [1.29, 1.82) is 0 Å². The summed E-state index contributed by atoms with van der Waals surface area (Å²) in [6.45, 7) is 7.23. The normalized spacial score (nSPS) is 20.4. The molecule has 3 aromatic carbocycles. The number of hydrogen-bond donors (Lipinski definition) is 1. The third kappa shape index (κ3) is 12.2. The van der Waals surface area contributed by atoms with E-state index in [1.165, 1.54) is 18.2 Å². The highest BCUT2D eigenvalue weighted by atomic mass is 35.5. The molecule has 13 heteroatoms. The quantitative estimate of drug-likeness (QED) is 0.0881. The van der Waals surface area contributed by atoms with Gasteiger partial charge in [0, 0.05) is 34.8 Å². The van der Waals surface area contributed by atoms with Crippen LogP contribution < -0.4 is 19.5 Å². The van der Waals surface area contributed by atoms with Crippen molar-refractivity contribution < 1.29 is 42.1 Å². The largest absolute Gasteiger partial charge is 0.489 e. The second-order valence-corrected chi connectivity index (χ2v) is 15.9. The Balaban J connectivity index is 1.18. The lowest BCUT2D eigenvalue weighted by molar-refractivity contribution is -0.160. The fraction of sp³-hybridized carbons (Fsp3) is 0.422. The van der Waals surface area contributed by atoms with Gasteiger partial charge < -0.3 is 29.0 Å². The number of anilines is 1. The maximum atomic E-state index is 13.7. The summed E-state index contributed by atoms with van der Waals surface area (Å²) in [6.07, 6.45) is 5.28. The zero-order valence-electron chi connectivity index (χ0n) is 32.8. The van der Waals surface area contributed by atoms with E-state index in [0.29, 0.717) is 57.5 Å². The van der Waals surface area contributed by atoms with Crippen molar-refractivity contribution in [3.05, 3.63) is 118 Å². The molecule has 7 rings (SSSR count). The van der Waals surface area contributed by atoms with E-state index in [0.717, 1.165) is 56.5 Å². The number of halogens is 4. The average molecular weight is 840 g/mol. The van der Waals surface area contributed by atoms with Crippen LogP contribution in [-0.2, 0) is 19.1 Å². The van der Waals surface area contributed by atoms with Crippen LogP contribution in [0.3, 0.4) is 0 Å². The van der Waals surface area contributed by atoms with Crippen LogP contribution in [0.15, 0.2) is 107 Å². The maximum Gasteiger partial charge on any atom is 0.387 e. The van der Waals surface area contributed by atoms with E-state index >= 15 is 0 Å². The van der Waals surface area contributed by atoms with Crippen LogP contribution in [0.25, 0.3) is 0 Å². The van der Waals surface area contributed by atoms with Gasteiger partial charge in [0.2, 0.25) is 0 Å². The first-order chi connectivity index (χ1) is 27.9. The molecule has 1 unspecified atom stereocenters. The molecule has 3 atom stereocenters. The highest BCUT2D eigenvalue weighted by Gasteiger charge is 2.38. The summed E-state index contributed by atoms with van der Waals surface area (Å²) in [5.41, 5.74) is 3.04. The number of benzene rings is 3. The minimum Gasteiger partial charge on any atom is -0.489 e. The molecule has 0 amide bonds. The molecule has 3 heterocycles. The molecule has 310 valence electrons. The summed E-state index contributed by atoms with van der Waals surface area (Å²) in [5.74, 6) is -0.0772. The molecular weight excluding hydrogens is 789 g/mol. The Morgan fingerprint density at radius 3 is 2.36 bits per heavy atom. The van der Waals surface area contributed by atoms with Gasteiger partial charge in [-0.1, -0.05) is 84.7 Å². The van der Waals surface area contributed by atoms with Gasteiger partial charge in [-0.25, -0.2) is 9.59 Å².